The molecule has 1 heterocycles. The highest BCUT2D eigenvalue weighted by Gasteiger charge is 2.05. The number of ether oxygens (including phenoxy) is 1. The molecule has 6 heteroatoms. The Hall–Kier alpha value is -1.79. The van der Waals surface area contributed by atoms with Gasteiger partial charge in [-0.25, -0.2) is 9.37 Å². The van der Waals surface area contributed by atoms with Crippen molar-refractivity contribution in [3.05, 3.63) is 41.2 Å². The number of esters is 1. The quantitative estimate of drug-likeness (QED) is 0.657. The molecular formula is C14H15FN2O2S. The summed E-state index contributed by atoms with van der Waals surface area (Å²) in [4.78, 5) is 15.4. The van der Waals surface area contributed by atoms with E-state index in [0.29, 0.717) is 19.5 Å². The summed E-state index contributed by atoms with van der Waals surface area (Å²) in [7, 11) is 1.37. The van der Waals surface area contributed by atoms with Crippen LogP contribution >= 0.6 is 11.3 Å². The molecular weight excluding hydrogens is 279 g/mol. The van der Waals surface area contributed by atoms with Gasteiger partial charge in [-0.2, -0.15) is 0 Å². The molecule has 0 spiro atoms. The predicted molar refractivity (Wildman–Crippen MR) is 75.8 cm³/mol. The number of carbonyl (C=O) groups is 1. The van der Waals surface area contributed by atoms with Crippen LogP contribution in [0.2, 0.25) is 0 Å². The van der Waals surface area contributed by atoms with E-state index in [2.05, 4.69) is 15.0 Å². The van der Waals surface area contributed by atoms with Crippen LogP contribution in [0.1, 0.15) is 12.1 Å². The highest BCUT2D eigenvalue weighted by molar-refractivity contribution is 7.13. The van der Waals surface area contributed by atoms with Crippen molar-refractivity contribution in [2.75, 3.05) is 13.7 Å². The SMILES string of the molecule is COC(=O)CCNCc1csc(-c2ccc(F)cc2)n1. The zero-order chi connectivity index (χ0) is 14.4. The Bertz CT molecular complexity index is 569. The van der Waals surface area contributed by atoms with E-state index in [0.717, 1.165) is 16.3 Å². The molecule has 0 aliphatic rings. The van der Waals surface area contributed by atoms with Gasteiger partial charge in [0.25, 0.3) is 0 Å². The molecule has 0 saturated carbocycles. The number of benzene rings is 1. The third-order valence-corrected chi connectivity index (χ3v) is 3.62. The molecule has 106 valence electrons. The molecule has 2 rings (SSSR count). The minimum atomic E-state index is -0.255. The number of methoxy groups -OCH3 is 1. The van der Waals surface area contributed by atoms with Crippen LogP contribution in [0.4, 0.5) is 4.39 Å². The monoisotopic (exact) mass is 294 g/mol. The van der Waals surface area contributed by atoms with Crippen LogP contribution in [0.3, 0.4) is 0 Å². The maximum Gasteiger partial charge on any atom is 0.306 e. The van der Waals surface area contributed by atoms with E-state index in [4.69, 9.17) is 0 Å². The summed E-state index contributed by atoms with van der Waals surface area (Å²) >= 11 is 1.51. The molecule has 0 radical (unpaired) electrons. The molecule has 0 bridgehead atoms. The van der Waals surface area contributed by atoms with Crippen LogP contribution < -0.4 is 5.32 Å². The second-order valence-electron chi connectivity index (χ2n) is 4.15. The van der Waals surface area contributed by atoms with E-state index in [-0.39, 0.29) is 11.8 Å². The fourth-order valence-corrected chi connectivity index (χ4v) is 2.45. The van der Waals surface area contributed by atoms with Crippen molar-refractivity contribution in [2.24, 2.45) is 0 Å². The second kappa shape index (κ2) is 7.12. The summed E-state index contributed by atoms with van der Waals surface area (Å²) in [5.41, 5.74) is 1.80. The molecule has 20 heavy (non-hydrogen) atoms. The van der Waals surface area contributed by atoms with Crippen LogP contribution in [-0.4, -0.2) is 24.6 Å². The van der Waals surface area contributed by atoms with Gasteiger partial charge in [-0.1, -0.05) is 0 Å². The van der Waals surface area contributed by atoms with Crippen molar-refractivity contribution in [1.82, 2.24) is 10.3 Å². The lowest BCUT2D eigenvalue weighted by Crippen LogP contribution is -2.18. The zero-order valence-corrected chi connectivity index (χ0v) is 11.9. The van der Waals surface area contributed by atoms with Gasteiger partial charge >= 0.3 is 5.97 Å². The number of halogens is 1. The van der Waals surface area contributed by atoms with Crippen molar-refractivity contribution in [3.63, 3.8) is 0 Å². The van der Waals surface area contributed by atoms with E-state index in [1.54, 1.807) is 12.1 Å². The van der Waals surface area contributed by atoms with Crippen molar-refractivity contribution in [1.29, 1.82) is 0 Å². The highest BCUT2D eigenvalue weighted by Crippen LogP contribution is 2.23. The molecule has 4 nitrogen and oxygen atoms in total. The number of nitrogens with zero attached hydrogens (tertiary/aromatic N) is 1. The fourth-order valence-electron chi connectivity index (χ4n) is 1.62. The average molecular weight is 294 g/mol. The van der Waals surface area contributed by atoms with E-state index in [1.807, 2.05) is 5.38 Å². The molecule has 1 aromatic heterocycles. The summed E-state index contributed by atoms with van der Waals surface area (Å²) in [6, 6.07) is 6.27. The zero-order valence-electron chi connectivity index (χ0n) is 11.1. The topological polar surface area (TPSA) is 51.2 Å². The maximum atomic E-state index is 12.8. The Morgan fingerprint density at radius 3 is 2.85 bits per heavy atom. The van der Waals surface area contributed by atoms with Gasteiger partial charge in [0, 0.05) is 24.0 Å². The number of carbonyl (C=O) groups excluding carboxylic acids is 1. The summed E-state index contributed by atoms with van der Waals surface area (Å²) in [6.07, 6.45) is 0.339. The maximum absolute atomic E-state index is 12.8. The smallest absolute Gasteiger partial charge is 0.306 e. The Labute approximate surface area is 120 Å². The van der Waals surface area contributed by atoms with Gasteiger partial charge in [-0.3, -0.25) is 4.79 Å². The third kappa shape index (κ3) is 4.11. The lowest BCUT2D eigenvalue weighted by atomic mass is 10.2. The van der Waals surface area contributed by atoms with Crippen molar-refractivity contribution < 1.29 is 13.9 Å². The van der Waals surface area contributed by atoms with Crippen LogP contribution in [0, 0.1) is 5.82 Å². The molecule has 0 saturated heterocycles. The molecule has 0 amide bonds. The predicted octanol–water partition coefficient (Wildman–Crippen LogP) is 2.60. The lowest BCUT2D eigenvalue weighted by Gasteiger charge is -2.01. The first-order chi connectivity index (χ1) is 9.69. The van der Waals surface area contributed by atoms with Gasteiger partial charge in [-0.05, 0) is 24.3 Å². The Kier molecular flexibility index (Phi) is 5.20. The molecule has 0 unspecified atom stereocenters. The lowest BCUT2D eigenvalue weighted by molar-refractivity contribution is -0.140. The molecule has 1 N–H and O–H groups in total. The van der Waals surface area contributed by atoms with Crippen LogP contribution in [-0.2, 0) is 16.1 Å². The third-order valence-electron chi connectivity index (χ3n) is 2.68. The number of hydrogen-bond donors (Lipinski definition) is 1. The number of hydrogen-bond acceptors (Lipinski definition) is 5. The normalized spacial score (nSPS) is 10.5. The van der Waals surface area contributed by atoms with Gasteiger partial charge in [-0.15, -0.1) is 11.3 Å². The summed E-state index contributed by atoms with van der Waals surface area (Å²) in [5, 5.41) is 5.93. The molecule has 0 fully saturated rings. The highest BCUT2D eigenvalue weighted by atomic mass is 32.1. The Morgan fingerprint density at radius 2 is 2.15 bits per heavy atom. The van der Waals surface area contributed by atoms with Crippen LogP contribution in [0.5, 0.6) is 0 Å². The first-order valence-electron chi connectivity index (χ1n) is 6.17. The van der Waals surface area contributed by atoms with Crippen molar-refractivity contribution in [2.45, 2.75) is 13.0 Å². The first kappa shape index (κ1) is 14.6. The fraction of sp³-hybridized carbons (Fsp3) is 0.286. The first-order valence-corrected chi connectivity index (χ1v) is 7.05. The molecule has 0 atom stereocenters. The Balaban J connectivity index is 1.86. The van der Waals surface area contributed by atoms with Crippen molar-refractivity contribution in [3.8, 4) is 10.6 Å². The molecule has 2 aromatic rings. The number of nitrogens with one attached hydrogen (secondary N) is 1. The van der Waals surface area contributed by atoms with Gasteiger partial charge in [0.2, 0.25) is 0 Å². The van der Waals surface area contributed by atoms with E-state index in [9.17, 15) is 9.18 Å². The average Bonchev–Trinajstić information content (AvgIpc) is 2.93. The standard InChI is InChI=1S/C14H15FN2O2S/c1-19-13(18)6-7-16-8-12-9-20-14(17-12)10-2-4-11(15)5-3-10/h2-5,9,16H,6-8H2,1H3. The number of thiazole rings is 1. The van der Waals surface area contributed by atoms with Gasteiger partial charge in [0.1, 0.15) is 10.8 Å². The largest absolute Gasteiger partial charge is 0.469 e. The van der Waals surface area contributed by atoms with E-state index >= 15 is 0 Å². The van der Waals surface area contributed by atoms with Gasteiger partial charge < -0.3 is 10.1 Å². The Morgan fingerprint density at radius 1 is 1.40 bits per heavy atom. The second-order valence-corrected chi connectivity index (χ2v) is 5.01. The van der Waals surface area contributed by atoms with Crippen LogP contribution in [0.15, 0.2) is 29.6 Å². The minimum absolute atomic E-state index is 0.234. The molecule has 0 aliphatic heterocycles. The van der Waals surface area contributed by atoms with E-state index < -0.39 is 0 Å². The summed E-state index contributed by atoms with van der Waals surface area (Å²) in [5.74, 6) is -0.488. The summed E-state index contributed by atoms with van der Waals surface area (Å²) < 4.78 is 17.4. The van der Waals surface area contributed by atoms with Crippen molar-refractivity contribution >= 4 is 17.3 Å². The molecule has 1 aromatic carbocycles. The summed E-state index contributed by atoms with van der Waals surface area (Å²) in [6.45, 7) is 1.14. The van der Waals surface area contributed by atoms with Gasteiger partial charge in [0.15, 0.2) is 0 Å². The minimum Gasteiger partial charge on any atom is -0.469 e. The van der Waals surface area contributed by atoms with Gasteiger partial charge in [0.05, 0.1) is 19.2 Å². The van der Waals surface area contributed by atoms with E-state index in [1.165, 1.54) is 30.6 Å². The molecule has 0 aliphatic carbocycles. The van der Waals surface area contributed by atoms with Crippen LogP contribution in [0.25, 0.3) is 10.6 Å². The number of aromatic nitrogens is 1. The number of rotatable bonds is 6.